The number of carbonyl (C=O) groups excluding carboxylic acids is 1. The van der Waals surface area contributed by atoms with Crippen LogP contribution >= 0.6 is 11.3 Å². The number of thiophene rings is 1. The number of amides is 1. The van der Waals surface area contributed by atoms with Crippen molar-refractivity contribution in [2.24, 2.45) is 5.92 Å². The molecule has 3 nitrogen and oxygen atoms in total. The number of para-hydroxylation sites is 1. The van der Waals surface area contributed by atoms with Gasteiger partial charge in [0.25, 0.3) is 5.91 Å². The van der Waals surface area contributed by atoms with E-state index >= 15 is 0 Å². The standard InChI is InChI=1S/C20H24N2OS/c1-14(2)18-9-6-11-22(18)20(23)16-7-4-5-8-17(16)21-13-19-15(3)10-12-24-19/h4-10,12,14,18,21H,11,13H2,1-3H3/t18-/m1/s1. The molecule has 1 N–H and O–H groups in total. The molecule has 126 valence electrons. The molecular weight excluding hydrogens is 316 g/mol. The fraction of sp³-hybridized carbons (Fsp3) is 0.350. The Kier molecular flexibility index (Phi) is 5.05. The largest absolute Gasteiger partial charge is 0.379 e. The lowest BCUT2D eigenvalue weighted by Crippen LogP contribution is -2.39. The van der Waals surface area contributed by atoms with Crippen LogP contribution in [0, 0.1) is 12.8 Å². The first kappa shape index (κ1) is 16.8. The third-order valence-electron chi connectivity index (χ3n) is 4.50. The molecule has 0 bridgehead atoms. The molecule has 0 spiro atoms. The third kappa shape index (κ3) is 3.39. The molecule has 1 aliphatic rings. The smallest absolute Gasteiger partial charge is 0.256 e. The topological polar surface area (TPSA) is 32.3 Å². The van der Waals surface area contributed by atoms with E-state index in [1.54, 1.807) is 11.3 Å². The molecule has 0 unspecified atom stereocenters. The SMILES string of the molecule is Cc1ccsc1CNc1ccccc1C(=O)N1CC=C[C@@H]1C(C)C. The highest BCUT2D eigenvalue weighted by atomic mass is 32.1. The van der Waals surface area contributed by atoms with Crippen molar-refractivity contribution < 1.29 is 4.79 Å². The van der Waals surface area contributed by atoms with Gasteiger partial charge in [-0.3, -0.25) is 4.79 Å². The van der Waals surface area contributed by atoms with Gasteiger partial charge in [0.2, 0.25) is 0 Å². The maximum Gasteiger partial charge on any atom is 0.256 e. The highest BCUT2D eigenvalue weighted by Gasteiger charge is 2.28. The van der Waals surface area contributed by atoms with E-state index < -0.39 is 0 Å². The Morgan fingerprint density at radius 3 is 2.83 bits per heavy atom. The number of hydrogen-bond donors (Lipinski definition) is 1. The van der Waals surface area contributed by atoms with Crippen LogP contribution in [0.2, 0.25) is 0 Å². The summed E-state index contributed by atoms with van der Waals surface area (Å²) in [5.74, 6) is 0.520. The Balaban J connectivity index is 1.79. The van der Waals surface area contributed by atoms with Gasteiger partial charge in [0.1, 0.15) is 0 Å². The molecule has 2 heterocycles. The molecule has 1 aromatic carbocycles. The van der Waals surface area contributed by atoms with Crippen molar-refractivity contribution in [3.05, 3.63) is 63.9 Å². The lowest BCUT2D eigenvalue weighted by Gasteiger charge is -2.28. The first-order valence-corrected chi connectivity index (χ1v) is 9.29. The van der Waals surface area contributed by atoms with Gasteiger partial charge in [-0.1, -0.05) is 38.1 Å². The molecule has 3 rings (SSSR count). The van der Waals surface area contributed by atoms with Gasteiger partial charge in [-0.05, 0) is 42.0 Å². The summed E-state index contributed by atoms with van der Waals surface area (Å²) in [5.41, 5.74) is 2.95. The summed E-state index contributed by atoms with van der Waals surface area (Å²) in [6, 6.07) is 10.1. The van der Waals surface area contributed by atoms with E-state index in [2.05, 4.69) is 49.7 Å². The molecule has 1 aliphatic heterocycles. The maximum atomic E-state index is 13.1. The average molecular weight is 340 g/mol. The number of benzene rings is 1. The molecule has 0 fully saturated rings. The van der Waals surface area contributed by atoms with Crippen LogP contribution in [0.5, 0.6) is 0 Å². The van der Waals surface area contributed by atoms with E-state index in [0.29, 0.717) is 12.5 Å². The zero-order valence-corrected chi connectivity index (χ0v) is 15.3. The monoisotopic (exact) mass is 340 g/mol. The van der Waals surface area contributed by atoms with E-state index in [1.165, 1.54) is 10.4 Å². The minimum Gasteiger partial charge on any atom is -0.379 e. The van der Waals surface area contributed by atoms with Crippen LogP contribution in [-0.2, 0) is 6.54 Å². The fourth-order valence-electron chi connectivity index (χ4n) is 3.08. The Hall–Kier alpha value is -2.07. The van der Waals surface area contributed by atoms with Crippen molar-refractivity contribution in [3.63, 3.8) is 0 Å². The van der Waals surface area contributed by atoms with Crippen molar-refractivity contribution in [2.45, 2.75) is 33.4 Å². The second-order valence-corrected chi connectivity index (χ2v) is 7.55. The van der Waals surface area contributed by atoms with E-state index in [4.69, 9.17) is 0 Å². The lowest BCUT2D eigenvalue weighted by molar-refractivity contribution is 0.0721. The van der Waals surface area contributed by atoms with Crippen molar-refractivity contribution in [1.82, 2.24) is 4.90 Å². The minimum atomic E-state index is 0.102. The fourth-order valence-corrected chi connectivity index (χ4v) is 3.92. The molecule has 0 aliphatic carbocycles. The van der Waals surface area contributed by atoms with Crippen molar-refractivity contribution in [2.75, 3.05) is 11.9 Å². The van der Waals surface area contributed by atoms with Gasteiger partial charge in [-0.25, -0.2) is 0 Å². The van der Waals surface area contributed by atoms with Gasteiger partial charge in [0, 0.05) is 23.7 Å². The van der Waals surface area contributed by atoms with Crippen LogP contribution in [-0.4, -0.2) is 23.4 Å². The number of nitrogens with zero attached hydrogens (tertiary/aromatic N) is 1. The molecule has 0 radical (unpaired) electrons. The number of carbonyl (C=O) groups is 1. The molecule has 2 aromatic rings. The van der Waals surface area contributed by atoms with Gasteiger partial charge >= 0.3 is 0 Å². The van der Waals surface area contributed by atoms with Crippen LogP contribution in [0.25, 0.3) is 0 Å². The first-order valence-electron chi connectivity index (χ1n) is 8.41. The van der Waals surface area contributed by atoms with E-state index in [1.807, 2.05) is 29.2 Å². The molecule has 24 heavy (non-hydrogen) atoms. The number of rotatable bonds is 5. The van der Waals surface area contributed by atoms with E-state index in [0.717, 1.165) is 17.8 Å². The van der Waals surface area contributed by atoms with Crippen LogP contribution in [0.1, 0.15) is 34.6 Å². The summed E-state index contributed by atoms with van der Waals surface area (Å²) < 4.78 is 0. The second kappa shape index (κ2) is 7.22. The van der Waals surface area contributed by atoms with Crippen molar-refractivity contribution in [3.8, 4) is 0 Å². The van der Waals surface area contributed by atoms with E-state index in [-0.39, 0.29) is 11.9 Å². The molecule has 1 amide bonds. The summed E-state index contributed by atoms with van der Waals surface area (Å²) in [7, 11) is 0. The molecule has 1 aromatic heterocycles. The number of nitrogens with one attached hydrogen (secondary N) is 1. The predicted octanol–water partition coefficient (Wildman–Crippen LogP) is 4.71. The third-order valence-corrected chi connectivity index (χ3v) is 5.53. The van der Waals surface area contributed by atoms with Crippen molar-refractivity contribution >= 4 is 22.9 Å². The molecule has 4 heteroatoms. The summed E-state index contributed by atoms with van der Waals surface area (Å²) >= 11 is 1.74. The predicted molar refractivity (Wildman–Crippen MR) is 102 cm³/mol. The second-order valence-electron chi connectivity index (χ2n) is 6.55. The molecule has 1 atom stereocenters. The number of hydrogen-bond acceptors (Lipinski definition) is 3. The van der Waals surface area contributed by atoms with Crippen LogP contribution < -0.4 is 5.32 Å². The maximum absolute atomic E-state index is 13.1. The van der Waals surface area contributed by atoms with Gasteiger partial charge in [-0.15, -0.1) is 11.3 Å². The number of aryl methyl sites for hydroxylation is 1. The summed E-state index contributed by atoms with van der Waals surface area (Å²) in [6.07, 6.45) is 4.24. The highest BCUT2D eigenvalue weighted by molar-refractivity contribution is 7.10. The first-order chi connectivity index (χ1) is 11.6. The molecular formula is C20H24N2OS. The van der Waals surface area contributed by atoms with E-state index in [9.17, 15) is 4.79 Å². The summed E-state index contributed by atoms with van der Waals surface area (Å²) in [4.78, 5) is 16.3. The van der Waals surface area contributed by atoms with Gasteiger partial charge in [0.05, 0.1) is 11.6 Å². The molecule has 0 saturated heterocycles. The van der Waals surface area contributed by atoms with Gasteiger partial charge in [0.15, 0.2) is 0 Å². The average Bonchev–Trinajstić information content (AvgIpc) is 3.21. The Bertz CT molecular complexity index is 748. The van der Waals surface area contributed by atoms with Crippen LogP contribution in [0.15, 0.2) is 47.9 Å². The van der Waals surface area contributed by atoms with Crippen LogP contribution in [0.3, 0.4) is 0 Å². The normalized spacial score (nSPS) is 16.8. The Labute approximate surface area is 148 Å². The molecule has 0 saturated carbocycles. The summed E-state index contributed by atoms with van der Waals surface area (Å²) in [5, 5.41) is 5.55. The minimum absolute atomic E-state index is 0.102. The highest BCUT2D eigenvalue weighted by Crippen LogP contribution is 2.25. The lowest BCUT2D eigenvalue weighted by atomic mass is 10.0. The van der Waals surface area contributed by atoms with Gasteiger partial charge in [-0.2, -0.15) is 0 Å². The Morgan fingerprint density at radius 1 is 1.33 bits per heavy atom. The summed E-state index contributed by atoms with van der Waals surface area (Å²) in [6.45, 7) is 7.88. The van der Waals surface area contributed by atoms with Crippen LogP contribution in [0.4, 0.5) is 5.69 Å². The zero-order chi connectivity index (χ0) is 17.1. The quantitative estimate of drug-likeness (QED) is 0.800. The Morgan fingerprint density at radius 2 is 2.12 bits per heavy atom. The number of anilines is 1. The zero-order valence-electron chi connectivity index (χ0n) is 14.5. The van der Waals surface area contributed by atoms with Gasteiger partial charge < -0.3 is 10.2 Å². The van der Waals surface area contributed by atoms with Crippen molar-refractivity contribution in [1.29, 1.82) is 0 Å².